The van der Waals surface area contributed by atoms with Gasteiger partial charge in [-0.15, -0.1) is 0 Å². The molecule has 13 nitrogen and oxygen atoms in total. The van der Waals surface area contributed by atoms with E-state index in [-0.39, 0.29) is 60.8 Å². The van der Waals surface area contributed by atoms with Crippen LogP contribution in [-0.2, 0) is 38.1 Å². The monoisotopic (exact) mass is 777 g/mol. The van der Waals surface area contributed by atoms with Crippen molar-refractivity contribution in [1.82, 2.24) is 24.9 Å². The minimum Gasteiger partial charge on any atom is -0.465 e. The average Bonchev–Trinajstić information content (AvgIpc) is 3.33. The Hall–Kier alpha value is -4.28. The molecule has 0 bridgehead atoms. The van der Waals surface area contributed by atoms with Crippen LogP contribution < -0.4 is 16.4 Å². The molecule has 2 aromatic carbocycles. The number of ether oxygens (including phenoxy) is 2. The first-order valence-electron chi connectivity index (χ1n) is 18.5. The van der Waals surface area contributed by atoms with Gasteiger partial charge in [-0.25, -0.2) is 9.59 Å². The van der Waals surface area contributed by atoms with E-state index in [0.717, 1.165) is 17.3 Å². The van der Waals surface area contributed by atoms with Crippen LogP contribution in [-0.4, -0.2) is 127 Å². The fourth-order valence-electron chi connectivity index (χ4n) is 7.95. The highest BCUT2D eigenvalue weighted by Gasteiger charge is 2.40. The lowest BCUT2D eigenvalue weighted by atomic mass is 9.98. The summed E-state index contributed by atoms with van der Waals surface area (Å²) in [4.78, 5) is 60.5. The van der Waals surface area contributed by atoms with Gasteiger partial charge in [0.05, 0.1) is 22.9 Å². The Balaban J connectivity index is 1.13. The molecule has 3 fully saturated rings. The van der Waals surface area contributed by atoms with E-state index in [4.69, 9.17) is 26.8 Å². The summed E-state index contributed by atoms with van der Waals surface area (Å²) in [5.41, 5.74) is 5.75. The van der Waals surface area contributed by atoms with Crippen molar-refractivity contribution >= 4 is 47.0 Å². The number of piperidine rings is 2. The van der Waals surface area contributed by atoms with Gasteiger partial charge >= 0.3 is 24.3 Å². The Morgan fingerprint density at radius 1 is 0.981 bits per heavy atom. The van der Waals surface area contributed by atoms with Crippen molar-refractivity contribution in [2.24, 2.45) is 0 Å². The number of carbonyl (C=O) groups excluding carboxylic acids is 4. The largest absolute Gasteiger partial charge is 0.465 e. The third-order valence-corrected chi connectivity index (χ3v) is 11.1. The van der Waals surface area contributed by atoms with Crippen LogP contribution in [0.15, 0.2) is 36.4 Å². The lowest BCUT2D eigenvalue weighted by Gasteiger charge is -2.44. The number of amides is 4. The quantitative estimate of drug-likeness (QED) is 0.263. The Labute approximate surface area is 317 Å². The molecule has 54 heavy (non-hydrogen) atoms. The fourth-order valence-corrected chi connectivity index (χ4v) is 8.19. The van der Waals surface area contributed by atoms with E-state index in [2.05, 4.69) is 15.5 Å². The van der Waals surface area contributed by atoms with Crippen LogP contribution in [0.25, 0.3) is 0 Å². The number of para-hydroxylation sites is 1. The number of rotatable bonds is 8. The number of halogens is 4. The molecule has 0 radical (unpaired) electrons. The predicted octanol–water partition coefficient (Wildman–Crippen LogP) is 4.37. The van der Waals surface area contributed by atoms with Crippen molar-refractivity contribution in [1.29, 1.82) is 0 Å². The van der Waals surface area contributed by atoms with Crippen molar-refractivity contribution < 1.29 is 41.8 Å². The second-order valence-corrected chi connectivity index (χ2v) is 14.5. The molecule has 2 aromatic rings. The maximum Gasteiger partial charge on any atom is 0.418 e. The first-order valence-corrected chi connectivity index (χ1v) is 18.9. The number of benzene rings is 2. The van der Waals surface area contributed by atoms with E-state index in [9.17, 15) is 32.3 Å². The number of nitrogens with one attached hydrogen (secondary N) is 2. The molecular weight excluding hydrogens is 731 g/mol. The Morgan fingerprint density at radius 3 is 2.37 bits per heavy atom. The zero-order chi connectivity index (χ0) is 38.6. The molecule has 3 saturated heterocycles. The summed E-state index contributed by atoms with van der Waals surface area (Å²) in [7, 11) is 0. The molecular formula is C37H47ClF3N7O6. The number of nitrogen functional groups attached to an aromatic ring is 1. The number of nitrogens with two attached hydrogens (primary N) is 1. The minimum absolute atomic E-state index is 0.00134. The van der Waals surface area contributed by atoms with Crippen LogP contribution in [0.5, 0.6) is 0 Å². The van der Waals surface area contributed by atoms with Crippen LogP contribution in [0, 0.1) is 0 Å². The summed E-state index contributed by atoms with van der Waals surface area (Å²) in [5, 5.41) is 5.88. The lowest BCUT2D eigenvalue weighted by molar-refractivity contribution is -0.153. The predicted molar refractivity (Wildman–Crippen MR) is 195 cm³/mol. The number of nitrogens with zero attached hydrogens (tertiary/aromatic N) is 4. The number of alkyl halides is 3. The van der Waals surface area contributed by atoms with Gasteiger partial charge in [0.25, 0.3) is 5.91 Å². The minimum atomic E-state index is -4.80. The first kappa shape index (κ1) is 39.4. The van der Waals surface area contributed by atoms with Crippen molar-refractivity contribution in [3.63, 3.8) is 0 Å². The number of carbonyl (C=O) groups is 4. The third-order valence-electron chi connectivity index (χ3n) is 10.8. The Kier molecular flexibility index (Phi) is 12.4. The molecule has 294 valence electrons. The van der Waals surface area contributed by atoms with E-state index in [1.165, 1.54) is 11.0 Å². The van der Waals surface area contributed by atoms with Crippen LogP contribution in [0.2, 0.25) is 5.02 Å². The van der Waals surface area contributed by atoms with Crippen molar-refractivity contribution in [3.05, 3.63) is 58.1 Å². The van der Waals surface area contributed by atoms with Gasteiger partial charge in [-0.2, -0.15) is 13.2 Å². The molecule has 4 aliphatic rings. The number of likely N-dealkylation sites (tertiary alicyclic amines) is 2. The Bertz CT molecular complexity index is 1700. The zero-order valence-electron chi connectivity index (χ0n) is 30.2. The maximum atomic E-state index is 14.1. The summed E-state index contributed by atoms with van der Waals surface area (Å²) in [6, 6.07) is 8.94. The molecule has 0 unspecified atom stereocenters. The number of piperazine rings is 1. The normalized spacial score (nSPS) is 21.2. The molecule has 4 N–H and O–H groups in total. The van der Waals surface area contributed by atoms with Gasteiger partial charge in [0.2, 0.25) is 0 Å². The fraction of sp³-hybridized carbons (Fsp3) is 0.568. The van der Waals surface area contributed by atoms with Gasteiger partial charge in [-0.05, 0) is 68.4 Å². The molecule has 4 aliphatic heterocycles. The highest BCUT2D eigenvalue weighted by molar-refractivity contribution is 6.33. The lowest BCUT2D eigenvalue weighted by Crippen LogP contribution is -2.61. The molecule has 0 spiro atoms. The summed E-state index contributed by atoms with van der Waals surface area (Å²) in [6.07, 6.45) is -4.66. The maximum absolute atomic E-state index is 14.1. The summed E-state index contributed by atoms with van der Waals surface area (Å²) < 4.78 is 52.8. The molecule has 4 amide bonds. The number of fused-ring (bicyclic) bond motifs is 1. The summed E-state index contributed by atoms with van der Waals surface area (Å²) in [6.45, 7) is 5.43. The van der Waals surface area contributed by atoms with E-state index in [0.29, 0.717) is 71.4 Å². The number of anilines is 2. The number of hydrogen-bond donors (Lipinski definition) is 3. The SMILES string of the molecule is CCOC(=O)[C@@H]1CNCCN1C1CCN(C(=O)[C@@H](Cc2cc(Cl)c(N)c(C(F)(F)F)c2)OC(=O)N2CCC(N3CCc4ccccc4NC3=O)CC2)CC1. The topological polar surface area (TPSA) is 150 Å². The van der Waals surface area contributed by atoms with Crippen LogP contribution in [0.1, 0.15) is 49.3 Å². The van der Waals surface area contributed by atoms with Gasteiger partial charge in [0.1, 0.15) is 6.04 Å². The van der Waals surface area contributed by atoms with Crippen LogP contribution >= 0.6 is 11.6 Å². The highest BCUT2D eigenvalue weighted by atomic mass is 35.5. The molecule has 0 aliphatic carbocycles. The van der Waals surface area contributed by atoms with Crippen molar-refractivity contribution in [2.75, 3.05) is 70.0 Å². The molecule has 0 aromatic heterocycles. The standard InChI is InChI=1S/C37H47ClF3N7O6/c1-2-53-34(50)30-22-43-12-18-47(30)25-8-13-45(14-9-25)33(49)31(21-23-19-27(37(39,40)41)32(42)28(38)20-23)54-36(52)46-15-10-26(11-16-46)48-17-7-24-5-3-4-6-29(24)44-35(48)51/h3-6,19-20,25-26,30-31,43H,2,7-18,21-22,42H2,1H3,(H,44,51)/t30-,31+/m0/s1. The van der Waals surface area contributed by atoms with E-state index >= 15 is 0 Å². The molecule has 2 atom stereocenters. The third kappa shape index (κ3) is 8.98. The molecule has 17 heteroatoms. The second kappa shape index (κ2) is 17.0. The van der Waals surface area contributed by atoms with Crippen LogP contribution in [0.4, 0.5) is 34.1 Å². The van der Waals surface area contributed by atoms with Gasteiger partial charge in [0, 0.05) is 76.5 Å². The van der Waals surface area contributed by atoms with Gasteiger partial charge in [-0.3, -0.25) is 14.5 Å². The highest BCUT2D eigenvalue weighted by Crippen LogP contribution is 2.38. The van der Waals surface area contributed by atoms with Crippen molar-refractivity contribution in [2.45, 2.75) is 75.9 Å². The zero-order valence-corrected chi connectivity index (χ0v) is 31.0. The second-order valence-electron chi connectivity index (χ2n) is 14.1. The number of hydrogen-bond acceptors (Lipinski definition) is 9. The molecule has 4 heterocycles. The number of urea groups is 1. The molecule has 6 rings (SSSR count). The Morgan fingerprint density at radius 2 is 1.67 bits per heavy atom. The van der Waals surface area contributed by atoms with E-state index < -0.39 is 41.6 Å². The average molecular weight is 778 g/mol. The molecule has 0 saturated carbocycles. The summed E-state index contributed by atoms with van der Waals surface area (Å²) >= 11 is 6.12. The van der Waals surface area contributed by atoms with Crippen LogP contribution in [0.3, 0.4) is 0 Å². The van der Waals surface area contributed by atoms with Gasteiger partial charge < -0.3 is 40.5 Å². The summed E-state index contributed by atoms with van der Waals surface area (Å²) in [5.74, 6) is -0.846. The first-order chi connectivity index (χ1) is 25.8. The number of esters is 1. The van der Waals surface area contributed by atoms with Gasteiger partial charge in [0.15, 0.2) is 6.10 Å². The van der Waals surface area contributed by atoms with E-state index in [1.807, 2.05) is 24.3 Å². The van der Waals surface area contributed by atoms with E-state index in [1.54, 1.807) is 16.7 Å². The smallest absolute Gasteiger partial charge is 0.418 e. The van der Waals surface area contributed by atoms with Gasteiger partial charge in [-0.1, -0.05) is 29.8 Å². The van der Waals surface area contributed by atoms with Crippen molar-refractivity contribution in [3.8, 4) is 0 Å².